The van der Waals surface area contributed by atoms with Crippen molar-refractivity contribution in [3.63, 3.8) is 0 Å². The summed E-state index contributed by atoms with van der Waals surface area (Å²) in [6.07, 6.45) is -0.633. The van der Waals surface area contributed by atoms with Crippen LogP contribution < -0.4 is 9.47 Å². The van der Waals surface area contributed by atoms with Gasteiger partial charge in [-0.15, -0.1) is 0 Å². The van der Waals surface area contributed by atoms with Gasteiger partial charge in [-0.3, -0.25) is 0 Å². The van der Waals surface area contributed by atoms with Gasteiger partial charge in [-0.25, -0.2) is 9.46 Å². The minimum absolute atomic E-state index is 0.146. The van der Waals surface area contributed by atoms with Gasteiger partial charge in [-0.2, -0.15) is 5.26 Å². The van der Waals surface area contributed by atoms with Crippen LogP contribution in [0.3, 0.4) is 0 Å². The van der Waals surface area contributed by atoms with Crippen molar-refractivity contribution in [2.75, 3.05) is 34.0 Å². The highest BCUT2D eigenvalue weighted by Crippen LogP contribution is 2.48. The number of methoxy groups -OCH3 is 2. The van der Waals surface area contributed by atoms with Gasteiger partial charge < -0.3 is 33.3 Å². The maximum atomic E-state index is 12.3. The standard InChI is InChI=1S/C36H46N3O7P/c1-25(2)39(26(3)4)47(45-20-8-19-37)46-33-21-30(38(22-33)36(40)41)24-44-23-29-9-7-10-34(27-11-15-31(42-5)16-12-27)35(29)28-13-17-32(43-6)18-14-28/h7,9-18,25-26,30,33H,8,20-24H2,1-6H3,(H,40,41)/t30-,33+,47?/m0/s1. The van der Waals surface area contributed by atoms with Gasteiger partial charge in [0.05, 0.1) is 65.2 Å². The Morgan fingerprint density at radius 3 is 2.15 bits per heavy atom. The maximum Gasteiger partial charge on any atom is 0.407 e. The van der Waals surface area contributed by atoms with E-state index in [-0.39, 0.29) is 50.4 Å². The molecule has 0 aliphatic carbocycles. The number of nitriles is 1. The first-order valence-electron chi connectivity index (χ1n) is 15.9. The molecule has 3 atom stereocenters. The fourth-order valence-corrected chi connectivity index (χ4v) is 7.61. The van der Waals surface area contributed by atoms with E-state index in [0.717, 1.165) is 39.3 Å². The molecule has 1 saturated heterocycles. The van der Waals surface area contributed by atoms with Crippen LogP contribution >= 0.6 is 8.53 Å². The molecule has 4 rings (SSSR count). The van der Waals surface area contributed by atoms with Crippen molar-refractivity contribution in [1.29, 1.82) is 5.26 Å². The second kappa shape index (κ2) is 17.4. The first kappa shape index (κ1) is 36.1. The van der Waals surface area contributed by atoms with E-state index in [1.807, 2.05) is 60.7 Å². The molecule has 11 heteroatoms. The molecule has 0 radical (unpaired) electrons. The topological polar surface area (TPSA) is 114 Å². The molecule has 0 bridgehead atoms. The molecule has 10 nitrogen and oxygen atoms in total. The summed E-state index contributed by atoms with van der Waals surface area (Å²) in [5.41, 5.74) is 5.12. The highest BCUT2D eigenvalue weighted by Gasteiger charge is 2.39. The summed E-state index contributed by atoms with van der Waals surface area (Å²) in [6, 6.07) is 24.1. The molecule has 1 fully saturated rings. The fourth-order valence-electron chi connectivity index (χ4n) is 5.90. The van der Waals surface area contributed by atoms with E-state index in [9.17, 15) is 9.90 Å². The molecule has 252 valence electrons. The average molecular weight is 664 g/mol. The highest BCUT2D eigenvalue weighted by atomic mass is 31.2. The molecular formula is C36H46N3O7P. The van der Waals surface area contributed by atoms with Crippen LogP contribution in [0.2, 0.25) is 0 Å². The minimum Gasteiger partial charge on any atom is -0.497 e. The molecule has 47 heavy (non-hydrogen) atoms. The zero-order chi connectivity index (χ0) is 33.9. The van der Waals surface area contributed by atoms with Crippen LogP contribution in [0.4, 0.5) is 4.79 Å². The van der Waals surface area contributed by atoms with E-state index >= 15 is 0 Å². The fraction of sp³-hybridized carbons (Fsp3) is 0.444. The summed E-state index contributed by atoms with van der Waals surface area (Å²) in [4.78, 5) is 13.7. The van der Waals surface area contributed by atoms with Crippen LogP contribution in [0.5, 0.6) is 11.5 Å². The van der Waals surface area contributed by atoms with Gasteiger partial charge in [-0.1, -0.05) is 42.5 Å². The Hall–Kier alpha value is -3.71. The maximum absolute atomic E-state index is 12.3. The SMILES string of the molecule is COc1ccc(-c2cccc(COC[C@@H]3C[C@@H](OP(OCCC#N)N(C(C)C)C(C)C)CN3C(=O)O)c2-c2ccc(OC)cc2)cc1. The van der Waals surface area contributed by atoms with Crippen LogP contribution in [0.1, 0.15) is 46.1 Å². The largest absolute Gasteiger partial charge is 0.497 e. The Kier molecular flexibility index (Phi) is 13.4. The number of carboxylic acid groups (broad SMARTS) is 1. The predicted molar refractivity (Wildman–Crippen MR) is 183 cm³/mol. The molecule has 3 aromatic rings. The van der Waals surface area contributed by atoms with Crippen LogP contribution in [-0.2, 0) is 20.4 Å². The summed E-state index contributed by atoms with van der Waals surface area (Å²) in [7, 11) is 1.80. The Morgan fingerprint density at radius 2 is 1.60 bits per heavy atom. The monoisotopic (exact) mass is 663 g/mol. The van der Waals surface area contributed by atoms with E-state index < -0.39 is 14.6 Å². The summed E-state index contributed by atoms with van der Waals surface area (Å²) < 4.78 is 31.8. The Morgan fingerprint density at radius 1 is 0.979 bits per heavy atom. The Bertz CT molecular complexity index is 1470. The lowest BCUT2D eigenvalue weighted by Gasteiger charge is -2.36. The van der Waals surface area contributed by atoms with E-state index in [2.05, 4.69) is 44.5 Å². The van der Waals surface area contributed by atoms with Crippen molar-refractivity contribution in [3.05, 3.63) is 72.3 Å². The number of benzene rings is 3. The third kappa shape index (κ3) is 9.44. The van der Waals surface area contributed by atoms with Crippen LogP contribution in [0, 0.1) is 11.3 Å². The molecule has 0 aromatic heterocycles. The molecule has 0 spiro atoms. The Labute approximate surface area is 279 Å². The van der Waals surface area contributed by atoms with Crippen LogP contribution in [0.25, 0.3) is 22.3 Å². The van der Waals surface area contributed by atoms with Gasteiger partial charge in [0.15, 0.2) is 0 Å². The van der Waals surface area contributed by atoms with Crippen molar-refractivity contribution in [2.45, 2.75) is 71.4 Å². The summed E-state index contributed by atoms with van der Waals surface area (Å²) in [5, 5.41) is 19.1. The molecule has 1 unspecified atom stereocenters. The number of rotatable bonds is 16. The Balaban J connectivity index is 1.53. The van der Waals surface area contributed by atoms with Crippen molar-refractivity contribution < 1.29 is 33.2 Å². The molecule has 1 amide bonds. The van der Waals surface area contributed by atoms with Crippen molar-refractivity contribution in [3.8, 4) is 39.8 Å². The lowest BCUT2D eigenvalue weighted by Crippen LogP contribution is -2.37. The van der Waals surface area contributed by atoms with Gasteiger partial charge >= 0.3 is 6.09 Å². The lowest BCUT2D eigenvalue weighted by atomic mass is 9.90. The number of hydrogen-bond donors (Lipinski definition) is 1. The summed E-state index contributed by atoms with van der Waals surface area (Å²) in [5.74, 6) is 1.55. The van der Waals surface area contributed by atoms with E-state index in [0.29, 0.717) is 13.0 Å². The first-order valence-corrected chi connectivity index (χ1v) is 17.0. The van der Waals surface area contributed by atoms with Gasteiger partial charge in [0.1, 0.15) is 11.5 Å². The molecule has 1 aliphatic heterocycles. The number of hydrogen-bond acceptors (Lipinski definition) is 8. The lowest BCUT2D eigenvalue weighted by molar-refractivity contribution is 0.0645. The molecule has 1 heterocycles. The molecule has 1 aliphatic rings. The average Bonchev–Trinajstić information content (AvgIpc) is 3.47. The number of amides is 1. The first-order chi connectivity index (χ1) is 22.7. The highest BCUT2D eigenvalue weighted by molar-refractivity contribution is 7.44. The number of carbonyl (C=O) groups is 1. The third-order valence-corrected chi connectivity index (χ3v) is 10.2. The molecule has 3 aromatic carbocycles. The second-order valence-electron chi connectivity index (χ2n) is 11.9. The number of ether oxygens (including phenoxy) is 3. The summed E-state index contributed by atoms with van der Waals surface area (Å²) >= 11 is 0. The van der Waals surface area contributed by atoms with Crippen molar-refractivity contribution >= 4 is 14.6 Å². The molecule has 1 N–H and O–H groups in total. The smallest absolute Gasteiger partial charge is 0.407 e. The van der Waals surface area contributed by atoms with E-state index in [1.54, 1.807) is 14.2 Å². The van der Waals surface area contributed by atoms with Gasteiger partial charge in [0.25, 0.3) is 8.53 Å². The van der Waals surface area contributed by atoms with Gasteiger partial charge in [0, 0.05) is 12.1 Å². The third-order valence-electron chi connectivity index (χ3n) is 8.02. The zero-order valence-electron chi connectivity index (χ0n) is 28.1. The molecular weight excluding hydrogens is 617 g/mol. The second-order valence-corrected chi connectivity index (χ2v) is 13.3. The quantitative estimate of drug-likeness (QED) is 0.120. The van der Waals surface area contributed by atoms with Crippen LogP contribution in [-0.4, -0.2) is 79.0 Å². The van der Waals surface area contributed by atoms with Gasteiger partial charge in [0.2, 0.25) is 0 Å². The number of nitrogens with zero attached hydrogens (tertiary/aromatic N) is 3. The van der Waals surface area contributed by atoms with E-state index in [4.69, 9.17) is 28.5 Å². The summed E-state index contributed by atoms with van der Waals surface area (Å²) in [6.45, 7) is 9.28. The van der Waals surface area contributed by atoms with Gasteiger partial charge in [-0.05, 0) is 86.2 Å². The molecule has 0 saturated carbocycles. The van der Waals surface area contributed by atoms with Crippen LogP contribution in [0.15, 0.2) is 66.7 Å². The minimum atomic E-state index is -1.49. The van der Waals surface area contributed by atoms with Crippen molar-refractivity contribution in [1.82, 2.24) is 9.57 Å². The van der Waals surface area contributed by atoms with Crippen molar-refractivity contribution in [2.24, 2.45) is 0 Å². The number of likely N-dealkylation sites (tertiary alicyclic amines) is 1. The zero-order valence-corrected chi connectivity index (χ0v) is 29.0. The normalized spacial score (nSPS) is 16.9. The predicted octanol–water partition coefficient (Wildman–Crippen LogP) is 7.97. The van der Waals surface area contributed by atoms with E-state index in [1.165, 1.54) is 4.90 Å².